The van der Waals surface area contributed by atoms with E-state index in [1.54, 1.807) is 0 Å². The third-order valence-electron chi connectivity index (χ3n) is 14.9. The quantitative estimate of drug-likeness (QED) is 0.167. The van der Waals surface area contributed by atoms with Gasteiger partial charge < -0.3 is 13.7 Å². The maximum absolute atomic E-state index is 6.94. The third-order valence-corrected chi connectivity index (χ3v) is 14.9. The maximum Gasteiger partial charge on any atom is 0.137 e. The Morgan fingerprint density at radius 2 is 0.940 bits per heavy atom. The van der Waals surface area contributed by atoms with Crippen molar-refractivity contribution in [2.45, 2.75) is 24.7 Å². The van der Waals surface area contributed by atoms with Crippen LogP contribution >= 0.6 is 0 Å². The number of anilines is 3. The predicted molar refractivity (Wildman–Crippen MR) is 276 cm³/mol. The van der Waals surface area contributed by atoms with Crippen molar-refractivity contribution in [3.63, 3.8) is 0 Å². The van der Waals surface area contributed by atoms with Gasteiger partial charge in [-0.25, -0.2) is 0 Å². The average molecular weight is 858 g/mol. The van der Waals surface area contributed by atoms with Gasteiger partial charge in [0, 0.05) is 32.8 Å². The molecule has 2 aliphatic carbocycles. The Bertz CT molecular complexity index is 3910. The van der Waals surface area contributed by atoms with Crippen molar-refractivity contribution < 1.29 is 8.83 Å². The summed E-state index contributed by atoms with van der Waals surface area (Å²) in [5.74, 6) is 0. The Kier molecular flexibility index (Phi) is 7.95. The van der Waals surface area contributed by atoms with Gasteiger partial charge in [-0.3, -0.25) is 0 Å². The molecule has 0 saturated heterocycles. The molecule has 0 unspecified atom stereocenters. The lowest BCUT2D eigenvalue weighted by Gasteiger charge is -2.34. The number of benzene rings is 10. The third kappa shape index (κ3) is 5.28. The first kappa shape index (κ1) is 37.9. The van der Waals surface area contributed by atoms with Crippen LogP contribution in [0.3, 0.4) is 0 Å². The molecule has 12 aromatic rings. The Balaban J connectivity index is 1.06. The minimum absolute atomic E-state index is 0.198. The van der Waals surface area contributed by atoms with Gasteiger partial charge in [0.05, 0.1) is 22.2 Å². The molecule has 0 aliphatic heterocycles. The molecule has 0 radical (unpaired) electrons. The molecule has 0 saturated carbocycles. The Morgan fingerprint density at radius 3 is 1.72 bits per heavy atom. The van der Waals surface area contributed by atoms with Crippen LogP contribution in [0.5, 0.6) is 0 Å². The fourth-order valence-electron chi connectivity index (χ4n) is 12.0. The maximum atomic E-state index is 6.94. The molecule has 14 rings (SSSR count). The first-order valence-corrected chi connectivity index (χ1v) is 23.2. The lowest BCUT2D eigenvalue weighted by Crippen LogP contribution is -2.28. The fourth-order valence-corrected chi connectivity index (χ4v) is 12.0. The van der Waals surface area contributed by atoms with E-state index in [1.165, 1.54) is 61.2 Å². The van der Waals surface area contributed by atoms with E-state index in [0.717, 1.165) is 66.5 Å². The highest BCUT2D eigenvalue weighted by Crippen LogP contribution is 2.60. The van der Waals surface area contributed by atoms with Crippen molar-refractivity contribution in [1.82, 2.24) is 0 Å². The number of hydrogen-bond donors (Lipinski definition) is 0. The van der Waals surface area contributed by atoms with Crippen LogP contribution in [-0.2, 0) is 10.8 Å². The zero-order chi connectivity index (χ0) is 44.4. The molecule has 2 aromatic heterocycles. The molecule has 0 bridgehead atoms. The first-order valence-electron chi connectivity index (χ1n) is 23.2. The average Bonchev–Trinajstić information content (AvgIpc) is 4.09. The van der Waals surface area contributed by atoms with Gasteiger partial charge in [0.2, 0.25) is 0 Å². The molecule has 0 amide bonds. The lowest BCUT2D eigenvalue weighted by molar-refractivity contribution is 0.660. The van der Waals surface area contributed by atoms with Crippen LogP contribution in [0.15, 0.2) is 233 Å². The molecule has 10 aromatic carbocycles. The van der Waals surface area contributed by atoms with Crippen molar-refractivity contribution in [3.8, 4) is 33.4 Å². The van der Waals surface area contributed by atoms with E-state index in [4.69, 9.17) is 8.83 Å². The molecular formula is C64H43NO2. The van der Waals surface area contributed by atoms with Crippen LogP contribution in [0.4, 0.5) is 17.1 Å². The second-order valence-corrected chi connectivity index (χ2v) is 18.7. The second kappa shape index (κ2) is 14.1. The summed E-state index contributed by atoms with van der Waals surface area (Å²) in [6.07, 6.45) is 0. The van der Waals surface area contributed by atoms with Crippen molar-refractivity contribution in [2.75, 3.05) is 4.90 Å². The van der Waals surface area contributed by atoms with E-state index in [1.807, 2.05) is 0 Å². The Hall–Kier alpha value is -8.40. The van der Waals surface area contributed by atoms with Crippen molar-refractivity contribution in [2.24, 2.45) is 0 Å². The van der Waals surface area contributed by atoms with Gasteiger partial charge in [-0.05, 0) is 116 Å². The molecule has 3 heteroatoms. The molecule has 0 atom stereocenters. The van der Waals surface area contributed by atoms with Gasteiger partial charge in [0.15, 0.2) is 0 Å². The topological polar surface area (TPSA) is 29.5 Å². The van der Waals surface area contributed by atoms with E-state index in [2.05, 4.69) is 243 Å². The number of furan rings is 2. The van der Waals surface area contributed by atoms with Crippen molar-refractivity contribution in [3.05, 3.63) is 258 Å². The molecular weight excluding hydrogens is 815 g/mol. The Morgan fingerprint density at radius 1 is 0.358 bits per heavy atom. The van der Waals surface area contributed by atoms with Gasteiger partial charge in [-0.1, -0.05) is 184 Å². The van der Waals surface area contributed by atoms with E-state index in [9.17, 15) is 0 Å². The number of fused-ring (bicyclic) bond motifs is 12. The normalized spacial score (nSPS) is 14.1. The summed E-state index contributed by atoms with van der Waals surface area (Å²) >= 11 is 0. The van der Waals surface area contributed by atoms with Gasteiger partial charge in [-0.2, -0.15) is 0 Å². The van der Waals surface area contributed by atoms with Gasteiger partial charge in [0.25, 0.3) is 0 Å². The summed E-state index contributed by atoms with van der Waals surface area (Å²) in [7, 11) is 0. The molecule has 3 nitrogen and oxygen atoms in total. The Labute approximate surface area is 388 Å². The largest absolute Gasteiger partial charge is 0.456 e. The summed E-state index contributed by atoms with van der Waals surface area (Å²) in [5.41, 5.74) is 20.8. The summed E-state index contributed by atoms with van der Waals surface area (Å²) < 4.78 is 13.6. The van der Waals surface area contributed by atoms with Gasteiger partial charge in [-0.15, -0.1) is 0 Å². The molecule has 316 valence electrons. The van der Waals surface area contributed by atoms with Gasteiger partial charge >= 0.3 is 0 Å². The fraction of sp³-hybridized carbons (Fsp3) is 0.0625. The first-order chi connectivity index (χ1) is 33.0. The molecule has 2 heterocycles. The van der Waals surface area contributed by atoms with E-state index in [-0.39, 0.29) is 5.41 Å². The molecule has 0 spiro atoms. The van der Waals surface area contributed by atoms with Crippen molar-refractivity contribution >= 4 is 60.9 Å². The zero-order valence-electron chi connectivity index (χ0n) is 37.1. The number of hydrogen-bond acceptors (Lipinski definition) is 3. The van der Waals surface area contributed by atoms with Crippen molar-refractivity contribution in [1.29, 1.82) is 0 Å². The van der Waals surface area contributed by atoms with Crippen LogP contribution < -0.4 is 4.90 Å². The summed E-state index contributed by atoms with van der Waals surface area (Å²) in [6, 6.07) is 82.0. The smallest absolute Gasteiger partial charge is 0.137 e. The van der Waals surface area contributed by atoms with Crippen LogP contribution in [0.2, 0.25) is 0 Å². The summed E-state index contributed by atoms with van der Waals surface area (Å²) in [6.45, 7) is 4.73. The highest BCUT2D eigenvalue weighted by atomic mass is 16.3. The molecule has 2 aliphatic rings. The minimum Gasteiger partial charge on any atom is -0.456 e. The van der Waals surface area contributed by atoms with Crippen LogP contribution in [0.25, 0.3) is 77.3 Å². The van der Waals surface area contributed by atoms with E-state index < -0.39 is 5.41 Å². The van der Waals surface area contributed by atoms with E-state index >= 15 is 0 Å². The standard InChI is InChI=1S/C64H43NO2/c1-63(2)51-26-14-12-24-45(51)46-34-33-44(37-54(46)63)65(55-29-16-28-53-61(55)47-25-13-15-27-52(47)64(53,42-20-8-4-9-21-42)43-22-10-5-11-23-43)56-30-17-31-58-62(56)50-39-59-49(38-60(50)67-58)48-36-41(32-35-57(48)66-59)40-18-6-3-7-19-40/h3-39H,1-2H3. The number of nitrogens with zero attached hydrogens (tertiary/aromatic N) is 1. The highest BCUT2D eigenvalue weighted by Gasteiger charge is 2.47. The van der Waals surface area contributed by atoms with Crippen LogP contribution in [0, 0.1) is 0 Å². The predicted octanol–water partition coefficient (Wildman–Crippen LogP) is 17.3. The molecule has 67 heavy (non-hydrogen) atoms. The molecule has 0 N–H and O–H groups in total. The van der Waals surface area contributed by atoms with E-state index in [0.29, 0.717) is 0 Å². The SMILES string of the molecule is CC1(C)c2ccccc2-c2ccc(N(c3cccc4c3-c3ccccc3C4(c3ccccc3)c3ccccc3)c3cccc4oc5cc6c(cc5c34)oc3ccc(-c4ccccc4)cc36)cc21. The van der Waals surface area contributed by atoms with Crippen LogP contribution in [0.1, 0.15) is 47.2 Å². The minimum atomic E-state index is -0.556. The molecule has 0 fully saturated rings. The number of rotatable bonds is 6. The summed E-state index contributed by atoms with van der Waals surface area (Å²) in [5, 5.41) is 4.15. The summed E-state index contributed by atoms with van der Waals surface area (Å²) in [4.78, 5) is 2.51. The zero-order valence-corrected chi connectivity index (χ0v) is 37.1. The second-order valence-electron chi connectivity index (χ2n) is 18.7. The highest BCUT2D eigenvalue weighted by molar-refractivity contribution is 6.19. The van der Waals surface area contributed by atoms with Crippen LogP contribution in [-0.4, -0.2) is 0 Å². The lowest BCUT2D eigenvalue weighted by atomic mass is 9.68. The van der Waals surface area contributed by atoms with Gasteiger partial charge in [0.1, 0.15) is 22.3 Å². The monoisotopic (exact) mass is 857 g/mol.